The van der Waals surface area contributed by atoms with E-state index in [9.17, 15) is 32.6 Å². The van der Waals surface area contributed by atoms with E-state index in [-0.39, 0.29) is 5.56 Å². The molecule has 7 nitrogen and oxygen atoms in total. The maximum Gasteiger partial charge on any atom is 0.269 e. The minimum atomic E-state index is -4.37. The van der Waals surface area contributed by atoms with E-state index in [1.165, 1.54) is 6.92 Å². The van der Waals surface area contributed by atoms with Crippen LogP contribution < -0.4 is 5.73 Å². The largest absolute Gasteiger partial charge is 0.321 e. The van der Waals surface area contributed by atoms with E-state index in [1.54, 1.807) is 6.07 Å². The molecule has 0 spiro atoms. The smallest absolute Gasteiger partial charge is 0.269 e. The summed E-state index contributed by atoms with van der Waals surface area (Å²) < 4.78 is 50.8. The molecule has 0 radical (unpaired) electrons. The van der Waals surface area contributed by atoms with Crippen LogP contribution in [0.25, 0.3) is 0 Å². The van der Waals surface area contributed by atoms with E-state index < -0.39 is 54.9 Å². The Balaban J connectivity index is 2.46. The van der Waals surface area contributed by atoms with Crippen LogP contribution in [0, 0.1) is 33.2 Å². The Morgan fingerprint density at radius 2 is 2.08 bits per heavy atom. The molecule has 1 fully saturated rings. The van der Waals surface area contributed by atoms with Crippen LogP contribution in [0.15, 0.2) is 18.2 Å². The standard InChI is InChI=1S/C15H17F2N3O4S/c1-14(19,12-6-11(20(21)22)4-5-13(12)17)9-25(23,24)15(7-16,8-18)10-2-3-10/h4-6,10H,2-3,7,9,19H2,1H3/t14-,15?/m0/s1. The number of hydrogen-bond acceptors (Lipinski definition) is 6. The van der Waals surface area contributed by atoms with Crippen molar-refractivity contribution in [2.45, 2.75) is 30.1 Å². The first-order valence-corrected chi connectivity index (χ1v) is 9.09. The molecule has 2 N–H and O–H groups in total. The molecule has 0 aliphatic heterocycles. The fourth-order valence-corrected chi connectivity index (χ4v) is 5.10. The van der Waals surface area contributed by atoms with Crippen molar-refractivity contribution in [1.82, 2.24) is 0 Å². The van der Waals surface area contributed by atoms with Crippen molar-refractivity contribution in [3.63, 3.8) is 0 Å². The zero-order valence-electron chi connectivity index (χ0n) is 13.4. The van der Waals surface area contributed by atoms with Crippen LogP contribution >= 0.6 is 0 Å². The van der Waals surface area contributed by atoms with Crippen LogP contribution in [0.2, 0.25) is 0 Å². The summed E-state index contributed by atoms with van der Waals surface area (Å²) in [5.74, 6) is -2.45. The van der Waals surface area contributed by atoms with Gasteiger partial charge in [-0.2, -0.15) is 5.26 Å². The molecule has 0 amide bonds. The lowest BCUT2D eigenvalue weighted by Crippen LogP contribution is -2.50. The van der Waals surface area contributed by atoms with E-state index in [0.717, 1.165) is 18.2 Å². The van der Waals surface area contributed by atoms with Gasteiger partial charge < -0.3 is 5.73 Å². The average molecular weight is 373 g/mol. The number of non-ortho nitro benzene ring substituents is 1. The zero-order chi connectivity index (χ0) is 19.0. The second-order valence-corrected chi connectivity index (χ2v) is 8.75. The predicted molar refractivity (Wildman–Crippen MR) is 85.4 cm³/mol. The molecule has 0 heterocycles. The van der Waals surface area contributed by atoms with E-state index in [0.29, 0.717) is 12.8 Å². The topological polar surface area (TPSA) is 127 Å². The number of sulfone groups is 1. The van der Waals surface area contributed by atoms with E-state index in [1.807, 2.05) is 0 Å². The van der Waals surface area contributed by atoms with Gasteiger partial charge in [0, 0.05) is 17.7 Å². The summed E-state index contributed by atoms with van der Waals surface area (Å²) in [6.07, 6.45) is 0.812. The van der Waals surface area contributed by atoms with Gasteiger partial charge in [-0.25, -0.2) is 17.2 Å². The number of nitrogens with zero attached hydrogens (tertiary/aromatic N) is 2. The summed E-state index contributed by atoms with van der Waals surface area (Å²) in [6.45, 7) is -0.204. The Hall–Kier alpha value is -2.12. The fourth-order valence-electron chi connectivity index (χ4n) is 2.85. The maximum absolute atomic E-state index is 14.1. The molecule has 1 unspecified atom stereocenters. The third-order valence-corrected chi connectivity index (χ3v) is 7.07. The van der Waals surface area contributed by atoms with Gasteiger partial charge in [0.2, 0.25) is 0 Å². The number of benzene rings is 1. The highest BCUT2D eigenvalue weighted by Gasteiger charge is 2.57. The molecule has 136 valence electrons. The van der Waals surface area contributed by atoms with E-state index >= 15 is 0 Å². The number of nitriles is 1. The van der Waals surface area contributed by atoms with Gasteiger partial charge in [-0.05, 0) is 31.7 Å². The molecule has 2 rings (SSSR count). The number of rotatable bonds is 7. The minimum absolute atomic E-state index is 0.383. The number of nitrogens with two attached hydrogens (primary N) is 1. The lowest BCUT2D eigenvalue weighted by Gasteiger charge is -2.30. The molecular weight excluding hydrogens is 356 g/mol. The summed E-state index contributed by atoms with van der Waals surface area (Å²) in [4.78, 5) is 10.1. The Labute approximate surface area is 143 Å². The number of halogens is 2. The summed E-state index contributed by atoms with van der Waals surface area (Å²) in [5.41, 5.74) is 3.24. The highest BCUT2D eigenvalue weighted by Crippen LogP contribution is 2.46. The molecule has 1 aliphatic rings. The molecule has 0 bridgehead atoms. The molecule has 0 aromatic heterocycles. The van der Waals surface area contributed by atoms with Gasteiger partial charge in [-0.15, -0.1) is 0 Å². The Kier molecular flexibility index (Phi) is 4.85. The van der Waals surface area contributed by atoms with E-state index in [4.69, 9.17) is 5.73 Å². The van der Waals surface area contributed by atoms with Crippen molar-refractivity contribution in [2.75, 3.05) is 12.4 Å². The predicted octanol–water partition coefficient (Wildman–Crippen LogP) is 1.96. The van der Waals surface area contributed by atoms with Crippen molar-refractivity contribution in [1.29, 1.82) is 5.26 Å². The molecule has 0 saturated heterocycles. The summed E-state index contributed by atoms with van der Waals surface area (Å²) in [7, 11) is -4.37. The van der Waals surface area contributed by atoms with Gasteiger partial charge >= 0.3 is 0 Å². The Morgan fingerprint density at radius 3 is 2.52 bits per heavy atom. The summed E-state index contributed by atoms with van der Waals surface area (Å²) in [5, 5.41) is 20.1. The number of nitro benzene ring substituents is 1. The molecule has 1 aliphatic carbocycles. The van der Waals surface area contributed by atoms with Crippen LogP contribution in [0.3, 0.4) is 0 Å². The van der Waals surface area contributed by atoms with Crippen molar-refractivity contribution in [2.24, 2.45) is 11.7 Å². The normalized spacial score (nSPS) is 19.5. The quantitative estimate of drug-likeness (QED) is 0.575. The van der Waals surface area contributed by atoms with Crippen LogP contribution in [0.5, 0.6) is 0 Å². The highest BCUT2D eigenvalue weighted by molar-refractivity contribution is 7.93. The molecule has 10 heteroatoms. The first-order chi connectivity index (χ1) is 11.5. The van der Waals surface area contributed by atoms with Crippen molar-refractivity contribution < 1.29 is 22.1 Å². The summed E-state index contributed by atoms with van der Waals surface area (Å²) in [6, 6.07) is 4.16. The van der Waals surface area contributed by atoms with Gasteiger partial charge in [0.05, 0.1) is 22.3 Å². The van der Waals surface area contributed by atoms with Crippen LogP contribution in [-0.2, 0) is 15.4 Å². The third-order valence-electron chi connectivity index (χ3n) is 4.45. The molecule has 1 saturated carbocycles. The summed E-state index contributed by atoms with van der Waals surface area (Å²) >= 11 is 0. The van der Waals surface area contributed by atoms with Crippen molar-refractivity contribution in [3.8, 4) is 6.07 Å². The van der Waals surface area contributed by atoms with Crippen molar-refractivity contribution in [3.05, 3.63) is 39.7 Å². The first kappa shape index (κ1) is 19.2. The first-order valence-electron chi connectivity index (χ1n) is 7.43. The van der Waals surface area contributed by atoms with Crippen LogP contribution in [0.4, 0.5) is 14.5 Å². The lowest BCUT2D eigenvalue weighted by molar-refractivity contribution is -0.385. The van der Waals surface area contributed by atoms with E-state index in [2.05, 4.69) is 0 Å². The second-order valence-electron chi connectivity index (χ2n) is 6.51. The van der Waals surface area contributed by atoms with Gasteiger partial charge in [0.25, 0.3) is 5.69 Å². The molecule has 1 aromatic rings. The molecule has 2 atom stereocenters. The fraction of sp³-hybridized carbons (Fsp3) is 0.533. The lowest BCUT2D eigenvalue weighted by atomic mass is 9.94. The SMILES string of the molecule is C[C@](N)(CS(=O)(=O)C(C#N)(CF)C1CC1)c1cc([N+](=O)[O-])ccc1F. The highest BCUT2D eigenvalue weighted by atomic mass is 32.2. The van der Waals surface area contributed by atoms with Gasteiger partial charge in [-0.1, -0.05) is 0 Å². The zero-order valence-corrected chi connectivity index (χ0v) is 14.2. The number of nitro groups is 1. The average Bonchev–Trinajstić information content (AvgIpc) is 3.32. The van der Waals surface area contributed by atoms with Gasteiger partial charge in [-0.3, -0.25) is 10.1 Å². The second kappa shape index (κ2) is 6.31. The third kappa shape index (κ3) is 3.34. The molecule has 25 heavy (non-hydrogen) atoms. The molecular formula is C15H17F2N3O4S. The van der Waals surface area contributed by atoms with Crippen molar-refractivity contribution >= 4 is 15.5 Å². The van der Waals surface area contributed by atoms with Crippen LogP contribution in [0.1, 0.15) is 25.3 Å². The molecule has 1 aromatic carbocycles. The maximum atomic E-state index is 14.1. The number of hydrogen-bond donors (Lipinski definition) is 1. The van der Waals surface area contributed by atoms with Gasteiger partial charge in [0.15, 0.2) is 14.6 Å². The van der Waals surface area contributed by atoms with Gasteiger partial charge in [0.1, 0.15) is 12.5 Å². The van der Waals surface area contributed by atoms with Crippen LogP contribution in [-0.4, -0.2) is 30.5 Å². The monoisotopic (exact) mass is 373 g/mol. The Bertz CT molecular complexity index is 847. The minimum Gasteiger partial charge on any atom is -0.321 e. The number of alkyl halides is 1. The Morgan fingerprint density at radius 1 is 1.48 bits per heavy atom.